The summed E-state index contributed by atoms with van der Waals surface area (Å²) in [5.41, 5.74) is 8.49. The summed E-state index contributed by atoms with van der Waals surface area (Å²) < 4.78 is 13.5. The van der Waals surface area contributed by atoms with E-state index < -0.39 is 0 Å². The summed E-state index contributed by atoms with van der Waals surface area (Å²) in [6.07, 6.45) is 2.72. The first kappa shape index (κ1) is 18.6. The van der Waals surface area contributed by atoms with Crippen LogP contribution in [0.15, 0.2) is 28.9 Å². The summed E-state index contributed by atoms with van der Waals surface area (Å²) in [5.74, 6) is 8.10. The Morgan fingerprint density at radius 3 is 2.61 bits per heavy atom. The van der Waals surface area contributed by atoms with E-state index in [0.717, 1.165) is 40.4 Å². The number of nitrogens with two attached hydrogens (primary N) is 1. The van der Waals surface area contributed by atoms with Gasteiger partial charge >= 0.3 is 0 Å². The average Bonchev–Trinajstić information content (AvgIpc) is 3.37. The van der Waals surface area contributed by atoms with E-state index in [0.29, 0.717) is 23.0 Å². The van der Waals surface area contributed by atoms with Crippen LogP contribution in [0.2, 0.25) is 0 Å². The van der Waals surface area contributed by atoms with Gasteiger partial charge in [-0.1, -0.05) is 5.92 Å². The Morgan fingerprint density at radius 1 is 1.21 bits per heavy atom. The zero-order chi connectivity index (χ0) is 19.7. The van der Waals surface area contributed by atoms with Crippen molar-refractivity contribution < 1.29 is 9.47 Å². The van der Waals surface area contributed by atoms with Gasteiger partial charge in [0.1, 0.15) is 23.0 Å². The highest BCUT2D eigenvalue weighted by molar-refractivity contribution is 9.10. The lowest BCUT2D eigenvalue weighted by Crippen LogP contribution is -2.14. The monoisotopic (exact) mass is 441 g/mol. The fourth-order valence-electron chi connectivity index (χ4n) is 3.37. The van der Waals surface area contributed by atoms with Crippen molar-refractivity contribution in [2.24, 2.45) is 0 Å². The zero-order valence-corrected chi connectivity index (χ0v) is 17.2. The van der Waals surface area contributed by atoms with E-state index in [4.69, 9.17) is 20.3 Å². The van der Waals surface area contributed by atoms with Crippen molar-refractivity contribution in [2.45, 2.75) is 12.5 Å². The first-order chi connectivity index (χ1) is 13.6. The van der Waals surface area contributed by atoms with Gasteiger partial charge in [0.25, 0.3) is 0 Å². The molecule has 2 aromatic heterocycles. The van der Waals surface area contributed by atoms with Crippen LogP contribution in [-0.4, -0.2) is 42.1 Å². The van der Waals surface area contributed by atoms with Gasteiger partial charge in [0, 0.05) is 24.4 Å². The van der Waals surface area contributed by atoms with Crippen LogP contribution < -0.4 is 20.5 Å². The second kappa shape index (κ2) is 7.70. The number of hydrogen-bond donors (Lipinski definition) is 2. The molecular formula is C20H20BrN5O2. The van der Waals surface area contributed by atoms with Gasteiger partial charge in [0.05, 0.1) is 35.6 Å². The molecule has 28 heavy (non-hydrogen) atoms. The molecule has 3 aromatic rings. The standard InChI is InChI=1S/C20H20BrN5O2/c1-27-14-7-12(8-15(9-14)28-2)3-4-17-18-19(16(21)11-24-20(18)22)26(25-17)13-5-6-23-10-13/h7-9,11,13,23H,5-6,10H2,1-2H3,(H2,22,24)/t13-/m0/s1. The molecule has 0 saturated carbocycles. The van der Waals surface area contributed by atoms with Gasteiger partial charge in [0.2, 0.25) is 0 Å². The largest absolute Gasteiger partial charge is 0.497 e. The summed E-state index contributed by atoms with van der Waals surface area (Å²) >= 11 is 3.60. The lowest BCUT2D eigenvalue weighted by Gasteiger charge is -2.11. The van der Waals surface area contributed by atoms with Crippen molar-refractivity contribution in [3.63, 3.8) is 0 Å². The first-order valence-electron chi connectivity index (χ1n) is 8.88. The highest BCUT2D eigenvalue weighted by Gasteiger charge is 2.24. The van der Waals surface area contributed by atoms with Crippen LogP contribution in [0.25, 0.3) is 10.9 Å². The van der Waals surface area contributed by atoms with Crippen molar-refractivity contribution >= 4 is 32.7 Å². The molecule has 0 amide bonds. The van der Waals surface area contributed by atoms with Crippen LogP contribution in [0.1, 0.15) is 23.7 Å². The van der Waals surface area contributed by atoms with E-state index in [1.165, 1.54) is 0 Å². The number of rotatable bonds is 3. The number of halogens is 1. The quantitative estimate of drug-likeness (QED) is 0.607. The van der Waals surface area contributed by atoms with E-state index in [-0.39, 0.29) is 6.04 Å². The summed E-state index contributed by atoms with van der Waals surface area (Å²) in [6.45, 7) is 1.83. The Labute approximate surface area is 171 Å². The predicted octanol–water partition coefficient (Wildman–Crippen LogP) is 2.73. The van der Waals surface area contributed by atoms with Crippen molar-refractivity contribution in [3.05, 3.63) is 40.1 Å². The Hall–Kier alpha value is -2.76. The smallest absolute Gasteiger partial charge is 0.147 e. The van der Waals surface area contributed by atoms with Crippen LogP contribution in [0, 0.1) is 11.8 Å². The molecule has 7 nitrogen and oxygen atoms in total. The normalized spacial score (nSPS) is 16.0. The second-order valence-electron chi connectivity index (χ2n) is 6.51. The predicted molar refractivity (Wildman–Crippen MR) is 112 cm³/mol. The molecule has 1 fully saturated rings. The maximum absolute atomic E-state index is 6.19. The molecule has 1 aliphatic rings. The number of nitrogens with zero attached hydrogens (tertiary/aromatic N) is 3. The van der Waals surface area contributed by atoms with Crippen LogP contribution in [0.4, 0.5) is 5.82 Å². The minimum atomic E-state index is 0.257. The fraction of sp³-hybridized carbons (Fsp3) is 0.300. The van der Waals surface area contributed by atoms with Crippen molar-refractivity contribution in [1.29, 1.82) is 0 Å². The molecule has 8 heteroatoms. The average molecular weight is 442 g/mol. The molecule has 3 N–H and O–H groups in total. The summed E-state index contributed by atoms with van der Waals surface area (Å²) in [7, 11) is 3.22. The second-order valence-corrected chi connectivity index (χ2v) is 7.36. The zero-order valence-electron chi connectivity index (χ0n) is 15.6. The number of ether oxygens (including phenoxy) is 2. The Kier molecular flexibility index (Phi) is 5.11. The molecule has 1 atom stereocenters. The number of nitrogen functional groups attached to an aromatic ring is 1. The minimum absolute atomic E-state index is 0.257. The Balaban J connectivity index is 1.85. The molecule has 0 spiro atoms. The van der Waals surface area contributed by atoms with E-state index in [1.807, 2.05) is 16.8 Å². The molecule has 1 saturated heterocycles. The van der Waals surface area contributed by atoms with E-state index in [9.17, 15) is 0 Å². The van der Waals surface area contributed by atoms with Crippen LogP contribution in [0.5, 0.6) is 11.5 Å². The third-order valence-corrected chi connectivity index (χ3v) is 5.35. The molecule has 0 radical (unpaired) electrons. The first-order valence-corrected chi connectivity index (χ1v) is 9.68. The third-order valence-electron chi connectivity index (χ3n) is 4.77. The van der Waals surface area contributed by atoms with Gasteiger partial charge in [-0.05, 0) is 46.9 Å². The summed E-state index contributed by atoms with van der Waals surface area (Å²) in [5, 5.41) is 8.93. The van der Waals surface area contributed by atoms with Crippen LogP contribution in [0.3, 0.4) is 0 Å². The minimum Gasteiger partial charge on any atom is -0.497 e. The van der Waals surface area contributed by atoms with E-state index in [1.54, 1.807) is 26.5 Å². The third kappa shape index (κ3) is 3.39. The number of anilines is 1. The highest BCUT2D eigenvalue weighted by Crippen LogP contribution is 2.32. The summed E-state index contributed by atoms with van der Waals surface area (Å²) in [4.78, 5) is 4.27. The van der Waals surface area contributed by atoms with Gasteiger partial charge in [-0.2, -0.15) is 5.10 Å². The summed E-state index contributed by atoms with van der Waals surface area (Å²) in [6, 6.07) is 5.77. The maximum Gasteiger partial charge on any atom is 0.147 e. The van der Waals surface area contributed by atoms with Gasteiger partial charge in [0.15, 0.2) is 0 Å². The Morgan fingerprint density at radius 2 is 1.96 bits per heavy atom. The lowest BCUT2D eigenvalue weighted by molar-refractivity contribution is 0.394. The van der Waals surface area contributed by atoms with Gasteiger partial charge in [-0.25, -0.2) is 4.98 Å². The number of hydrogen-bond acceptors (Lipinski definition) is 6. The van der Waals surface area contributed by atoms with E-state index in [2.05, 4.69) is 38.1 Å². The number of pyridine rings is 1. The van der Waals surface area contributed by atoms with Gasteiger partial charge in [-0.3, -0.25) is 4.68 Å². The lowest BCUT2D eigenvalue weighted by atomic mass is 10.1. The van der Waals surface area contributed by atoms with Crippen LogP contribution in [-0.2, 0) is 0 Å². The number of methoxy groups -OCH3 is 2. The molecular weight excluding hydrogens is 422 g/mol. The maximum atomic E-state index is 6.19. The van der Waals surface area contributed by atoms with Crippen molar-refractivity contribution in [2.75, 3.05) is 33.0 Å². The number of nitrogens with one attached hydrogen (secondary N) is 1. The molecule has 1 aliphatic heterocycles. The number of benzene rings is 1. The number of fused-ring (bicyclic) bond motifs is 1. The fourth-order valence-corrected chi connectivity index (χ4v) is 3.85. The molecule has 1 aromatic carbocycles. The van der Waals surface area contributed by atoms with Crippen molar-refractivity contribution in [1.82, 2.24) is 20.1 Å². The molecule has 4 rings (SSSR count). The molecule has 3 heterocycles. The van der Waals surface area contributed by atoms with Crippen molar-refractivity contribution in [3.8, 4) is 23.3 Å². The molecule has 0 bridgehead atoms. The molecule has 144 valence electrons. The van der Waals surface area contributed by atoms with E-state index >= 15 is 0 Å². The Bertz CT molecular complexity index is 1070. The highest BCUT2D eigenvalue weighted by atomic mass is 79.9. The van der Waals surface area contributed by atoms with Gasteiger partial charge < -0.3 is 20.5 Å². The molecule has 0 unspecified atom stereocenters. The van der Waals surface area contributed by atoms with Crippen LogP contribution >= 0.6 is 15.9 Å². The topological polar surface area (TPSA) is 87.2 Å². The number of aromatic nitrogens is 3. The SMILES string of the molecule is COc1cc(C#Cc2nn([C@H]3CCNC3)c3c(Br)cnc(N)c23)cc(OC)c1. The molecule has 0 aliphatic carbocycles. The van der Waals surface area contributed by atoms with Gasteiger partial charge in [-0.15, -0.1) is 0 Å².